The van der Waals surface area contributed by atoms with Crippen molar-refractivity contribution in [1.82, 2.24) is 35.0 Å². The molecule has 1 fully saturated rings. The number of aromatic nitrogens is 4. The number of hydrogen-bond acceptors (Lipinski definition) is 6. The Morgan fingerprint density at radius 2 is 2.12 bits per heavy atom. The molecule has 0 amide bonds. The Labute approximate surface area is 164 Å². The van der Waals surface area contributed by atoms with Crippen LogP contribution in [0, 0.1) is 0 Å². The number of guanidine groups is 1. The van der Waals surface area contributed by atoms with Gasteiger partial charge in [-0.1, -0.05) is 5.16 Å². The van der Waals surface area contributed by atoms with Gasteiger partial charge in [0.1, 0.15) is 25.0 Å². The van der Waals surface area contributed by atoms with Crippen LogP contribution in [0.3, 0.4) is 0 Å². The van der Waals surface area contributed by atoms with E-state index >= 15 is 0 Å². The molecule has 1 N–H and O–H groups in total. The fourth-order valence-electron chi connectivity index (χ4n) is 2.70. The van der Waals surface area contributed by atoms with Crippen LogP contribution >= 0.6 is 24.0 Å². The van der Waals surface area contributed by atoms with E-state index in [1.54, 1.807) is 17.3 Å². The zero-order valence-electron chi connectivity index (χ0n) is 14.6. The van der Waals surface area contributed by atoms with Gasteiger partial charge in [0.2, 0.25) is 0 Å². The van der Waals surface area contributed by atoms with Crippen LogP contribution in [0.5, 0.6) is 0 Å². The van der Waals surface area contributed by atoms with Crippen LogP contribution in [0.2, 0.25) is 0 Å². The molecular weight excluding hydrogens is 435 g/mol. The van der Waals surface area contributed by atoms with Gasteiger partial charge in [-0.2, -0.15) is 5.10 Å². The van der Waals surface area contributed by atoms with Crippen molar-refractivity contribution in [3.05, 3.63) is 30.2 Å². The first-order chi connectivity index (χ1) is 11.8. The second-order valence-electron chi connectivity index (χ2n) is 5.72. The molecule has 3 heterocycles. The molecular formula is C15H25IN8O. The lowest BCUT2D eigenvalue weighted by Crippen LogP contribution is -2.52. The van der Waals surface area contributed by atoms with Crippen molar-refractivity contribution in [2.45, 2.75) is 20.0 Å². The van der Waals surface area contributed by atoms with Crippen molar-refractivity contribution in [1.29, 1.82) is 0 Å². The highest BCUT2D eigenvalue weighted by Gasteiger charge is 2.20. The van der Waals surface area contributed by atoms with Crippen LogP contribution in [0.25, 0.3) is 0 Å². The van der Waals surface area contributed by atoms with Gasteiger partial charge in [-0.15, -0.1) is 24.0 Å². The summed E-state index contributed by atoms with van der Waals surface area (Å²) in [5, 5.41) is 11.4. The Balaban J connectivity index is 0.00000225. The van der Waals surface area contributed by atoms with Crippen LogP contribution < -0.4 is 5.32 Å². The van der Waals surface area contributed by atoms with E-state index in [0.717, 1.165) is 56.7 Å². The molecule has 0 unspecified atom stereocenters. The maximum Gasteiger partial charge on any atom is 0.194 e. The summed E-state index contributed by atoms with van der Waals surface area (Å²) in [6, 6.07) is 1.92. The molecule has 0 saturated carbocycles. The van der Waals surface area contributed by atoms with Crippen molar-refractivity contribution in [3.8, 4) is 0 Å². The number of piperazine rings is 1. The molecule has 138 valence electrons. The van der Waals surface area contributed by atoms with Gasteiger partial charge < -0.3 is 14.7 Å². The fourth-order valence-corrected chi connectivity index (χ4v) is 2.70. The predicted octanol–water partition coefficient (Wildman–Crippen LogP) is 0.704. The van der Waals surface area contributed by atoms with Crippen LogP contribution in [0.1, 0.15) is 18.4 Å². The number of halogens is 1. The minimum Gasteiger partial charge on any atom is -0.364 e. The summed E-state index contributed by atoms with van der Waals surface area (Å²) < 4.78 is 6.65. The second-order valence-corrected chi connectivity index (χ2v) is 5.72. The molecule has 0 aromatic carbocycles. The molecule has 25 heavy (non-hydrogen) atoms. The van der Waals surface area contributed by atoms with Gasteiger partial charge in [0, 0.05) is 52.4 Å². The smallest absolute Gasteiger partial charge is 0.194 e. The zero-order chi connectivity index (χ0) is 16.8. The average molecular weight is 460 g/mol. The average Bonchev–Trinajstić information content (AvgIpc) is 3.24. The van der Waals surface area contributed by atoms with E-state index in [1.165, 1.54) is 0 Å². The highest BCUT2D eigenvalue weighted by molar-refractivity contribution is 14.0. The van der Waals surface area contributed by atoms with Crippen LogP contribution in [-0.2, 0) is 20.1 Å². The zero-order valence-corrected chi connectivity index (χ0v) is 17.0. The van der Waals surface area contributed by atoms with Gasteiger partial charge in [0.25, 0.3) is 0 Å². The molecule has 2 aromatic heterocycles. The molecule has 0 bridgehead atoms. The van der Waals surface area contributed by atoms with Crippen molar-refractivity contribution in [2.24, 2.45) is 12.0 Å². The first-order valence-corrected chi connectivity index (χ1v) is 8.24. The number of nitrogens with one attached hydrogen (secondary N) is 1. The van der Waals surface area contributed by atoms with Crippen LogP contribution in [0.4, 0.5) is 0 Å². The quantitative estimate of drug-likeness (QED) is 0.400. The lowest BCUT2D eigenvalue weighted by Gasteiger charge is -2.36. The van der Waals surface area contributed by atoms with E-state index in [2.05, 4.69) is 37.3 Å². The third kappa shape index (κ3) is 5.39. The predicted molar refractivity (Wildman–Crippen MR) is 105 cm³/mol. The first-order valence-electron chi connectivity index (χ1n) is 8.24. The molecule has 1 saturated heterocycles. The molecule has 0 atom stereocenters. The van der Waals surface area contributed by atoms with Gasteiger partial charge in [-0.25, -0.2) is 9.98 Å². The van der Waals surface area contributed by atoms with Crippen LogP contribution in [0.15, 0.2) is 28.2 Å². The maximum atomic E-state index is 4.90. The molecule has 10 heteroatoms. The number of nitrogens with zero attached hydrogens (tertiary/aromatic N) is 7. The lowest BCUT2D eigenvalue weighted by molar-refractivity contribution is 0.169. The highest BCUT2D eigenvalue weighted by Crippen LogP contribution is 2.07. The van der Waals surface area contributed by atoms with Crippen molar-refractivity contribution >= 4 is 29.9 Å². The van der Waals surface area contributed by atoms with Gasteiger partial charge in [-0.05, 0) is 6.92 Å². The van der Waals surface area contributed by atoms with Gasteiger partial charge in [0.15, 0.2) is 5.96 Å². The summed E-state index contributed by atoms with van der Waals surface area (Å²) >= 11 is 0. The summed E-state index contributed by atoms with van der Waals surface area (Å²) in [5.41, 5.74) is 0.978. The number of hydrogen-bond donors (Lipinski definition) is 1. The highest BCUT2D eigenvalue weighted by atomic mass is 127. The molecule has 0 radical (unpaired) electrons. The minimum atomic E-state index is 0. The molecule has 1 aliphatic heterocycles. The number of rotatable bonds is 5. The Morgan fingerprint density at radius 1 is 1.32 bits per heavy atom. The molecule has 2 aromatic rings. The third-order valence-corrected chi connectivity index (χ3v) is 4.06. The summed E-state index contributed by atoms with van der Waals surface area (Å²) in [6.45, 7) is 8.10. The molecule has 0 aliphatic carbocycles. The molecule has 3 rings (SSSR count). The van der Waals surface area contributed by atoms with E-state index < -0.39 is 0 Å². The summed E-state index contributed by atoms with van der Waals surface area (Å²) in [5.74, 6) is 1.79. The first kappa shape index (κ1) is 19.6. The Hall–Kier alpha value is -1.69. The Bertz CT molecular complexity index is 648. The topological polar surface area (TPSA) is 87.6 Å². The third-order valence-electron chi connectivity index (χ3n) is 4.06. The summed E-state index contributed by atoms with van der Waals surface area (Å²) in [7, 11) is 1.88. The van der Waals surface area contributed by atoms with Crippen molar-refractivity contribution < 1.29 is 4.52 Å². The minimum absolute atomic E-state index is 0. The van der Waals surface area contributed by atoms with Gasteiger partial charge in [-0.3, -0.25) is 9.58 Å². The monoisotopic (exact) mass is 460 g/mol. The van der Waals surface area contributed by atoms with E-state index in [9.17, 15) is 0 Å². The fraction of sp³-hybridized carbons (Fsp3) is 0.600. The second kappa shape index (κ2) is 9.70. The molecule has 1 aliphatic rings. The van der Waals surface area contributed by atoms with Gasteiger partial charge >= 0.3 is 0 Å². The largest absolute Gasteiger partial charge is 0.364 e. The summed E-state index contributed by atoms with van der Waals surface area (Å²) in [6.07, 6.45) is 3.18. The normalized spacial score (nSPS) is 15.9. The Kier molecular flexibility index (Phi) is 7.62. The molecule has 9 nitrogen and oxygen atoms in total. The van der Waals surface area contributed by atoms with Crippen molar-refractivity contribution in [3.63, 3.8) is 0 Å². The SMILES string of the molecule is CCNC(=NCc1ncnn1C)N1CCN(Cc2ccon2)CC1.I. The number of aryl methyl sites for hydroxylation is 1. The Morgan fingerprint density at radius 3 is 2.72 bits per heavy atom. The van der Waals surface area contributed by atoms with Gasteiger partial charge in [0.05, 0.1) is 5.69 Å². The standard InChI is InChI=1S/C15H24N8O.HI/c1-3-16-15(17-10-14-18-12-19-21(14)2)23-7-5-22(6-8-23)11-13-4-9-24-20-13;/h4,9,12H,3,5-8,10-11H2,1-2H3,(H,16,17);1H. The van der Waals surface area contributed by atoms with E-state index in [4.69, 9.17) is 9.52 Å². The molecule has 0 spiro atoms. The number of aliphatic imine (C=N–C) groups is 1. The summed E-state index contributed by atoms with van der Waals surface area (Å²) in [4.78, 5) is 13.6. The van der Waals surface area contributed by atoms with Crippen LogP contribution in [-0.4, -0.2) is 68.4 Å². The van der Waals surface area contributed by atoms with E-state index in [1.807, 2.05) is 13.1 Å². The lowest BCUT2D eigenvalue weighted by atomic mass is 10.3. The van der Waals surface area contributed by atoms with E-state index in [0.29, 0.717) is 6.54 Å². The van der Waals surface area contributed by atoms with E-state index in [-0.39, 0.29) is 24.0 Å². The maximum absolute atomic E-state index is 4.90. The van der Waals surface area contributed by atoms with Crippen molar-refractivity contribution in [2.75, 3.05) is 32.7 Å².